The Labute approximate surface area is 118 Å². The summed E-state index contributed by atoms with van der Waals surface area (Å²) in [6, 6.07) is 4.87. The van der Waals surface area contributed by atoms with Crippen LogP contribution in [-0.2, 0) is 11.3 Å². The number of nitrogens with zero attached hydrogens (tertiary/aromatic N) is 1. The molecule has 2 amide bonds. The Morgan fingerprint density at radius 1 is 1.40 bits per heavy atom. The van der Waals surface area contributed by atoms with E-state index in [0.29, 0.717) is 25.2 Å². The van der Waals surface area contributed by atoms with E-state index in [1.54, 1.807) is 17.9 Å². The molecule has 0 aliphatic carbocycles. The van der Waals surface area contributed by atoms with E-state index < -0.39 is 0 Å². The molecule has 110 valence electrons. The first-order valence-electron chi connectivity index (χ1n) is 6.89. The Kier molecular flexibility index (Phi) is 4.60. The molecule has 2 unspecified atom stereocenters. The van der Waals surface area contributed by atoms with E-state index in [1.165, 1.54) is 6.07 Å². The maximum atomic E-state index is 13.4. The van der Waals surface area contributed by atoms with Crippen LogP contribution in [0.1, 0.15) is 25.0 Å². The fourth-order valence-electron chi connectivity index (χ4n) is 2.38. The summed E-state index contributed by atoms with van der Waals surface area (Å²) in [7, 11) is 0. The van der Waals surface area contributed by atoms with Gasteiger partial charge in [0, 0.05) is 19.6 Å². The van der Waals surface area contributed by atoms with Gasteiger partial charge in [-0.25, -0.2) is 9.18 Å². The van der Waals surface area contributed by atoms with Crippen LogP contribution in [0, 0.1) is 12.7 Å². The predicted octanol–water partition coefficient (Wildman–Crippen LogP) is 2.45. The number of aryl methyl sites for hydroxylation is 1. The Hall–Kier alpha value is -1.62. The molecule has 2 rings (SSSR count). The summed E-state index contributed by atoms with van der Waals surface area (Å²) in [4.78, 5) is 13.8. The van der Waals surface area contributed by atoms with Crippen molar-refractivity contribution in [3.05, 3.63) is 35.1 Å². The highest BCUT2D eigenvalue weighted by atomic mass is 19.1. The predicted molar refractivity (Wildman–Crippen MR) is 75.0 cm³/mol. The molecular formula is C15H21FN2O2. The van der Waals surface area contributed by atoms with E-state index in [1.807, 2.05) is 19.9 Å². The van der Waals surface area contributed by atoms with Gasteiger partial charge in [-0.1, -0.05) is 12.1 Å². The van der Waals surface area contributed by atoms with Crippen LogP contribution in [0.3, 0.4) is 0 Å². The fraction of sp³-hybridized carbons (Fsp3) is 0.533. The zero-order chi connectivity index (χ0) is 14.7. The molecule has 1 heterocycles. The fourth-order valence-corrected chi connectivity index (χ4v) is 2.38. The Morgan fingerprint density at radius 2 is 2.05 bits per heavy atom. The average molecular weight is 280 g/mol. The van der Waals surface area contributed by atoms with Crippen LogP contribution < -0.4 is 5.32 Å². The number of halogens is 1. The summed E-state index contributed by atoms with van der Waals surface area (Å²) >= 11 is 0. The van der Waals surface area contributed by atoms with Crippen molar-refractivity contribution in [1.82, 2.24) is 10.2 Å². The molecule has 5 heteroatoms. The van der Waals surface area contributed by atoms with Crippen molar-refractivity contribution < 1.29 is 13.9 Å². The molecule has 2 atom stereocenters. The van der Waals surface area contributed by atoms with Gasteiger partial charge in [-0.2, -0.15) is 0 Å². The zero-order valence-corrected chi connectivity index (χ0v) is 12.1. The van der Waals surface area contributed by atoms with Gasteiger partial charge in [0.1, 0.15) is 5.82 Å². The Balaban J connectivity index is 1.89. The second-order valence-corrected chi connectivity index (χ2v) is 5.40. The molecule has 0 radical (unpaired) electrons. The summed E-state index contributed by atoms with van der Waals surface area (Å²) in [5, 5.41) is 2.82. The van der Waals surface area contributed by atoms with Crippen LogP contribution in [-0.4, -0.2) is 36.2 Å². The molecule has 1 aromatic rings. The first-order chi connectivity index (χ1) is 9.45. The third kappa shape index (κ3) is 3.70. The van der Waals surface area contributed by atoms with Crippen LogP contribution in [0.5, 0.6) is 0 Å². The lowest BCUT2D eigenvalue weighted by atomic mass is 10.1. The molecule has 4 nitrogen and oxygen atoms in total. The van der Waals surface area contributed by atoms with E-state index in [0.717, 1.165) is 5.56 Å². The van der Waals surface area contributed by atoms with Crippen molar-refractivity contribution in [2.45, 2.75) is 39.5 Å². The number of morpholine rings is 1. The summed E-state index contributed by atoms with van der Waals surface area (Å²) in [5.41, 5.74) is 1.37. The van der Waals surface area contributed by atoms with Gasteiger partial charge in [-0.15, -0.1) is 0 Å². The Bertz CT molecular complexity index is 483. The van der Waals surface area contributed by atoms with Crippen molar-refractivity contribution >= 4 is 6.03 Å². The Morgan fingerprint density at radius 3 is 2.65 bits per heavy atom. The summed E-state index contributed by atoms with van der Waals surface area (Å²) in [6.45, 7) is 7.11. The molecule has 1 fully saturated rings. The lowest BCUT2D eigenvalue weighted by molar-refractivity contribution is -0.0545. The number of amides is 2. The normalized spacial score (nSPS) is 22.7. The quantitative estimate of drug-likeness (QED) is 0.904. The van der Waals surface area contributed by atoms with Crippen molar-refractivity contribution in [3.63, 3.8) is 0 Å². The number of benzene rings is 1. The van der Waals surface area contributed by atoms with E-state index in [9.17, 15) is 9.18 Å². The van der Waals surface area contributed by atoms with Gasteiger partial charge in [0.05, 0.1) is 12.2 Å². The smallest absolute Gasteiger partial charge is 0.317 e. The minimum Gasteiger partial charge on any atom is -0.372 e. The van der Waals surface area contributed by atoms with Crippen molar-refractivity contribution in [3.8, 4) is 0 Å². The molecule has 20 heavy (non-hydrogen) atoms. The van der Waals surface area contributed by atoms with Crippen LogP contribution in [0.2, 0.25) is 0 Å². The van der Waals surface area contributed by atoms with Gasteiger partial charge < -0.3 is 15.0 Å². The number of hydrogen-bond acceptors (Lipinski definition) is 2. The summed E-state index contributed by atoms with van der Waals surface area (Å²) in [6.07, 6.45) is 0.0858. The summed E-state index contributed by atoms with van der Waals surface area (Å²) in [5.74, 6) is -0.245. The standard InChI is InChI=1S/C15H21FN2O2/c1-10-4-5-13(6-14(10)16)7-17-15(19)18-8-11(2)20-12(3)9-18/h4-6,11-12H,7-9H2,1-3H3,(H,17,19). The second-order valence-electron chi connectivity index (χ2n) is 5.40. The molecule has 0 spiro atoms. The third-order valence-corrected chi connectivity index (χ3v) is 3.39. The molecule has 1 aliphatic rings. The number of urea groups is 1. The highest BCUT2D eigenvalue weighted by Gasteiger charge is 2.25. The van der Waals surface area contributed by atoms with Gasteiger partial charge in [0.25, 0.3) is 0 Å². The van der Waals surface area contributed by atoms with Crippen LogP contribution in [0.4, 0.5) is 9.18 Å². The van der Waals surface area contributed by atoms with E-state index in [2.05, 4.69) is 5.32 Å². The number of hydrogen-bond donors (Lipinski definition) is 1. The lowest BCUT2D eigenvalue weighted by Crippen LogP contribution is -2.51. The minimum absolute atomic E-state index is 0.0429. The third-order valence-electron chi connectivity index (χ3n) is 3.39. The SMILES string of the molecule is Cc1ccc(CNC(=O)N2CC(C)OC(C)C2)cc1F. The lowest BCUT2D eigenvalue weighted by Gasteiger charge is -2.35. The van der Waals surface area contributed by atoms with Gasteiger partial charge in [-0.3, -0.25) is 0 Å². The highest BCUT2D eigenvalue weighted by Crippen LogP contribution is 2.12. The number of ether oxygens (including phenoxy) is 1. The second kappa shape index (κ2) is 6.22. The van der Waals surface area contributed by atoms with Crippen LogP contribution in [0.15, 0.2) is 18.2 Å². The maximum Gasteiger partial charge on any atom is 0.317 e. The van der Waals surface area contributed by atoms with Gasteiger partial charge >= 0.3 is 6.03 Å². The molecule has 1 N–H and O–H groups in total. The van der Waals surface area contributed by atoms with Crippen molar-refractivity contribution in [1.29, 1.82) is 0 Å². The van der Waals surface area contributed by atoms with Gasteiger partial charge in [-0.05, 0) is 38.0 Å². The number of rotatable bonds is 2. The number of carbonyl (C=O) groups excluding carboxylic acids is 1. The molecular weight excluding hydrogens is 259 g/mol. The van der Waals surface area contributed by atoms with Gasteiger partial charge in [0.15, 0.2) is 0 Å². The van der Waals surface area contributed by atoms with E-state index in [4.69, 9.17) is 4.74 Å². The topological polar surface area (TPSA) is 41.6 Å². The summed E-state index contributed by atoms with van der Waals surface area (Å²) < 4.78 is 19.0. The molecule has 1 aliphatic heterocycles. The van der Waals surface area contributed by atoms with Crippen LogP contribution >= 0.6 is 0 Å². The van der Waals surface area contributed by atoms with E-state index in [-0.39, 0.29) is 24.1 Å². The van der Waals surface area contributed by atoms with Crippen molar-refractivity contribution in [2.24, 2.45) is 0 Å². The molecule has 0 bridgehead atoms. The highest BCUT2D eigenvalue weighted by molar-refractivity contribution is 5.74. The van der Waals surface area contributed by atoms with Gasteiger partial charge in [0.2, 0.25) is 0 Å². The largest absolute Gasteiger partial charge is 0.372 e. The molecule has 1 aromatic carbocycles. The molecule has 0 saturated carbocycles. The maximum absolute atomic E-state index is 13.4. The minimum atomic E-state index is -0.245. The number of nitrogens with one attached hydrogen (secondary N) is 1. The number of carbonyl (C=O) groups is 1. The van der Waals surface area contributed by atoms with Crippen LogP contribution in [0.25, 0.3) is 0 Å². The first-order valence-corrected chi connectivity index (χ1v) is 6.89. The monoisotopic (exact) mass is 280 g/mol. The van der Waals surface area contributed by atoms with Crippen molar-refractivity contribution in [2.75, 3.05) is 13.1 Å². The zero-order valence-electron chi connectivity index (χ0n) is 12.1. The molecule has 1 saturated heterocycles. The average Bonchev–Trinajstić information content (AvgIpc) is 2.38. The molecule has 0 aromatic heterocycles. The first kappa shape index (κ1) is 14.8. The van der Waals surface area contributed by atoms with E-state index >= 15 is 0 Å².